The topological polar surface area (TPSA) is 32.3 Å². The van der Waals surface area contributed by atoms with Crippen LogP contribution in [0.1, 0.15) is 19.3 Å². The molecule has 0 saturated carbocycles. The van der Waals surface area contributed by atoms with Gasteiger partial charge in [-0.1, -0.05) is 0 Å². The van der Waals surface area contributed by atoms with Crippen LogP contribution >= 0.6 is 11.6 Å². The van der Waals surface area contributed by atoms with Gasteiger partial charge < -0.3 is 10.2 Å². The Morgan fingerprint density at radius 3 is 2.69 bits per heavy atom. The molecule has 0 aromatic rings. The number of amides is 1. The summed E-state index contributed by atoms with van der Waals surface area (Å²) in [5.74, 6) is 0.757. The Labute approximate surface area is 85.4 Å². The Morgan fingerprint density at radius 2 is 2.15 bits per heavy atom. The summed E-state index contributed by atoms with van der Waals surface area (Å²) in [6.07, 6.45) is 2.34. The molecule has 0 fully saturated rings. The third-order valence-electron chi connectivity index (χ3n) is 1.87. The summed E-state index contributed by atoms with van der Waals surface area (Å²) in [6, 6.07) is 0. The number of hydrogen-bond donors (Lipinski definition) is 1. The van der Waals surface area contributed by atoms with E-state index in [4.69, 9.17) is 11.6 Å². The molecule has 0 unspecified atom stereocenters. The van der Waals surface area contributed by atoms with E-state index in [2.05, 4.69) is 5.32 Å². The zero-order valence-corrected chi connectivity index (χ0v) is 9.23. The molecule has 1 amide bonds. The lowest BCUT2D eigenvalue weighted by atomic mass is 10.3. The first-order chi connectivity index (χ1) is 6.22. The predicted octanol–water partition coefficient (Wildman–Crippen LogP) is 1.07. The molecule has 0 radical (unpaired) electrons. The van der Waals surface area contributed by atoms with Gasteiger partial charge in [-0.2, -0.15) is 0 Å². The van der Waals surface area contributed by atoms with Gasteiger partial charge in [-0.05, 0) is 26.4 Å². The SMILES string of the molecule is CNCCCN(C)C(=O)CCCCl. The molecule has 78 valence electrons. The van der Waals surface area contributed by atoms with E-state index >= 15 is 0 Å². The Morgan fingerprint density at radius 1 is 1.46 bits per heavy atom. The average molecular weight is 207 g/mol. The molecular weight excluding hydrogens is 188 g/mol. The van der Waals surface area contributed by atoms with E-state index in [9.17, 15) is 4.79 Å². The summed E-state index contributed by atoms with van der Waals surface area (Å²) in [7, 11) is 3.75. The van der Waals surface area contributed by atoms with E-state index in [0.29, 0.717) is 12.3 Å². The van der Waals surface area contributed by atoms with E-state index in [1.807, 2.05) is 14.1 Å². The Kier molecular flexibility index (Phi) is 8.14. The van der Waals surface area contributed by atoms with Gasteiger partial charge in [0, 0.05) is 25.9 Å². The molecule has 0 saturated heterocycles. The van der Waals surface area contributed by atoms with Gasteiger partial charge in [0.25, 0.3) is 0 Å². The Bertz CT molecular complexity index is 142. The number of hydrogen-bond acceptors (Lipinski definition) is 2. The van der Waals surface area contributed by atoms with Crippen LogP contribution in [0.15, 0.2) is 0 Å². The van der Waals surface area contributed by atoms with Crippen molar-refractivity contribution in [1.29, 1.82) is 0 Å². The van der Waals surface area contributed by atoms with E-state index in [1.165, 1.54) is 0 Å². The maximum Gasteiger partial charge on any atom is 0.222 e. The van der Waals surface area contributed by atoms with Crippen molar-refractivity contribution >= 4 is 17.5 Å². The van der Waals surface area contributed by atoms with Gasteiger partial charge in [0.05, 0.1) is 0 Å². The van der Waals surface area contributed by atoms with Crippen molar-refractivity contribution < 1.29 is 4.79 Å². The van der Waals surface area contributed by atoms with Crippen molar-refractivity contribution in [2.75, 3.05) is 33.1 Å². The highest BCUT2D eigenvalue weighted by molar-refractivity contribution is 6.17. The minimum atomic E-state index is 0.191. The van der Waals surface area contributed by atoms with E-state index in [0.717, 1.165) is 25.9 Å². The summed E-state index contributed by atoms with van der Waals surface area (Å²) in [5.41, 5.74) is 0. The molecule has 4 heteroatoms. The molecule has 0 aromatic carbocycles. The van der Waals surface area contributed by atoms with Gasteiger partial charge in [0.15, 0.2) is 0 Å². The number of halogens is 1. The minimum Gasteiger partial charge on any atom is -0.346 e. The van der Waals surface area contributed by atoms with Crippen LogP contribution in [0.25, 0.3) is 0 Å². The van der Waals surface area contributed by atoms with Gasteiger partial charge in [0.1, 0.15) is 0 Å². The van der Waals surface area contributed by atoms with Crippen molar-refractivity contribution in [3.05, 3.63) is 0 Å². The molecule has 0 atom stereocenters. The Balaban J connectivity index is 3.45. The number of nitrogens with zero attached hydrogens (tertiary/aromatic N) is 1. The van der Waals surface area contributed by atoms with Gasteiger partial charge in [-0.25, -0.2) is 0 Å². The standard InChI is InChI=1S/C9H19ClN2O/c1-11-7-4-8-12(2)9(13)5-3-6-10/h11H,3-8H2,1-2H3. The van der Waals surface area contributed by atoms with Crippen molar-refractivity contribution in [3.63, 3.8) is 0 Å². The second kappa shape index (κ2) is 8.32. The van der Waals surface area contributed by atoms with Gasteiger partial charge in [0.2, 0.25) is 5.91 Å². The normalized spacial score (nSPS) is 10.1. The van der Waals surface area contributed by atoms with Crippen molar-refractivity contribution in [3.8, 4) is 0 Å². The molecule has 13 heavy (non-hydrogen) atoms. The maximum absolute atomic E-state index is 11.3. The molecule has 0 spiro atoms. The number of nitrogens with one attached hydrogen (secondary N) is 1. The summed E-state index contributed by atoms with van der Waals surface area (Å²) in [6.45, 7) is 1.77. The highest BCUT2D eigenvalue weighted by Gasteiger charge is 2.06. The first-order valence-electron chi connectivity index (χ1n) is 4.67. The fourth-order valence-electron chi connectivity index (χ4n) is 1.03. The zero-order valence-electron chi connectivity index (χ0n) is 8.48. The molecule has 1 N–H and O–H groups in total. The smallest absolute Gasteiger partial charge is 0.222 e. The highest BCUT2D eigenvalue weighted by atomic mass is 35.5. The predicted molar refractivity (Wildman–Crippen MR) is 56.1 cm³/mol. The lowest BCUT2D eigenvalue weighted by Gasteiger charge is -2.16. The lowest BCUT2D eigenvalue weighted by Crippen LogP contribution is -2.29. The van der Waals surface area contributed by atoms with Crippen molar-refractivity contribution in [2.24, 2.45) is 0 Å². The second-order valence-corrected chi connectivity index (χ2v) is 3.44. The van der Waals surface area contributed by atoms with Gasteiger partial charge in [-0.3, -0.25) is 4.79 Å². The highest BCUT2D eigenvalue weighted by Crippen LogP contribution is 1.97. The van der Waals surface area contributed by atoms with Crippen molar-refractivity contribution in [2.45, 2.75) is 19.3 Å². The van der Waals surface area contributed by atoms with E-state index in [-0.39, 0.29) is 5.91 Å². The maximum atomic E-state index is 11.3. The summed E-state index contributed by atoms with van der Waals surface area (Å²) in [4.78, 5) is 13.1. The van der Waals surface area contributed by atoms with Crippen LogP contribution in [0.4, 0.5) is 0 Å². The summed E-state index contributed by atoms with van der Waals surface area (Å²) in [5, 5.41) is 3.05. The largest absolute Gasteiger partial charge is 0.346 e. The van der Waals surface area contributed by atoms with Crippen LogP contribution in [0.3, 0.4) is 0 Å². The number of rotatable bonds is 7. The third kappa shape index (κ3) is 6.84. The van der Waals surface area contributed by atoms with Gasteiger partial charge in [-0.15, -0.1) is 11.6 Å². The number of carbonyl (C=O) groups is 1. The van der Waals surface area contributed by atoms with Crippen molar-refractivity contribution in [1.82, 2.24) is 10.2 Å². The molecule has 3 nitrogen and oxygen atoms in total. The Hall–Kier alpha value is -0.280. The fraction of sp³-hybridized carbons (Fsp3) is 0.889. The molecule has 0 aliphatic heterocycles. The number of alkyl halides is 1. The van der Waals surface area contributed by atoms with Crippen LogP contribution in [0, 0.1) is 0 Å². The van der Waals surface area contributed by atoms with E-state index < -0.39 is 0 Å². The monoisotopic (exact) mass is 206 g/mol. The van der Waals surface area contributed by atoms with Crippen LogP contribution < -0.4 is 5.32 Å². The first-order valence-corrected chi connectivity index (χ1v) is 5.20. The van der Waals surface area contributed by atoms with E-state index in [1.54, 1.807) is 4.90 Å². The first kappa shape index (κ1) is 12.7. The van der Waals surface area contributed by atoms with Crippen LogP contribution in [-0.4, -0.2) is 43.9 Å². The summed E-state index contributed by atoms with van der Waals surface area (Å²) < 4.78 is 0. The minimum absolute atomic E-state index is 0.191. The fourth-order valence-corrected chi connectivity index (χ4v) is 1.16. The van der Waals surface area contributed by atoms with Crippen LogP contribution in [0.5, 0.6) is 0 Å². The molecular formula is C9H19ClN2O. The molecule has 0 aromatic heterocycles. The second-order valence-electron chi connectivity index (χ2n) is 3.06. The third-order valence-corrected chi connectivity index (χ3v) is 2.14. The van der Waals surface area contributed by atoms with Gasteiger partial charge >= 0.3 is 0 Å². The average Bonchev–Trinajstić information content (AvgIpc) is 2.14. The lowest BCUT2D eigenvalue weighted by molar-refractivity contribution is -0.129. The zero-order chi connectivity index (χ0) is 10.1. The molecule has 0 aliphatic rings. The summed E-state index contributed by atoms with van der Waals surface area (Å²) >= 11 is 5.50. The number of carbonyl (C=O) groups excluding carboxylic acids is 1. The molecule has 0 heterocycles. The van der Waals surface area contributed by atoms with Crippen LogP contribution in [0.2, 0.25) is 0 Å². The molecule has 0 aliphatic carbocycles. The quantitative estimate of drug-likeness (QED) is 0.500. The molecule has 0 rings (SSSR count). The molecule has 0 bridgehead atoms. The van der Waals surface area contributed by atoms with Crippen LogP contribution in [-0.2, 0) is 4.79 Å².